The second kappa shape index (κ2) is 5.06. The van der Waals surface area contributed by atoms with Crippen LogP contribution in [0.1, 0.15) is 17.3 Å². The number of nitrogens with one attached hydrogen (secondary N) is 1. The van der Waals surface area contributed by atoms with Gasteiger partial charge in [-0.1, -0.05) is 5.92 Å². The molecule has 1 unspecified atom stereocenters. The third-order valence-electron chi connectivity index (χ3n) is 1.95. The molecule has 1 amide bonds. The van der Waals surface area contributed by atoms with Crippen molar-refractivity contribution < 1.29 is 9.53 Å². The Balaban J connectivity index is 2.71. The number of carbonyl (C=O) groups is 1. The Morgan fingerprint density at radius 2 is 2.07 bits per heavy atom. The Morgan fingerprint density at radius 1 is 1.47 bits per heavy atom. The van der Waals surface area contributed by atoms with Crippen molar-refractivity contribution in [1.29, 1.82) is 0 Å². The highest BCUT2D eigenvalue weighted by Gasteiger charge is 2.07. The quantitative estimate of drug-likeness (QED) is 0.755. The zero-order valence-electron chi connectivity index (χ0n) is 8.78. The molecule has 1 aromatic carbocycles. The zero-order valence-corrected chi connectivity index (χ0v) is 8.78. The highest BCUT2D eigenvalue weighted by Crippen LogP contribution is 2.11. The van der Waals surface area contributed by atoms with Crippen molar-refractivity contribution in [3.63, 3.8) is 0 Å². The van der Waals surface area contributed by atoms with Gasteiger partial charge in [0.05, 0.1) is 13.2 Å². The third-order valence-corrected chi connectivity index (χ3v) is 1.95. The topological polar surface area (TPSA) is 38.3 Å². The minimum atomic E-state index is -0.264. The molecular formula is C12H13NO2. The van der Waals surface area contributed by atoms with E-state index in [0.717, 1.165) is 5.75 Å². The number of terminal acetylenes is 1. The molecule has 1 rings (SSSR count). The van der Waals surface area contributed by atoms with E-state index in [-0.39, 0.29) is 11.9 Å². The van der Waals surface area contributed by atoms with Crippen LogP contribution in [-0.4, -0.2) is 19.1 Å². The van der Waals surface area contributed by atoms with Crippen molar-refractivity contribution in [3.05, 3.63) is 29.8 Å². The van der Waals surface area contributed by atoms with Gasteiger partial charge < -0.3 is 10.1 Å². The average molecular weight is 203 g/mol. The van der Waals surface area contributed by atoms with E-state index < -0.39 is 0 Å². The second-order valence-corrected chi connectivity index (χ2v) is 3.09. The van der Waals surface area contributed by atoms with E-state index in [9.17, 15) is 4.79 Å². The largest absolute Gasteiger partial charge is 0.497 e. The fourth-order valence-electron chi connectivity index (χ4n) is 1.06. The van der Waals surface area contributed by atoms with Gasteiger partial charge in [0.2, 0.25) is 0 Å². The number of amides is 1. The first-order chi connectivity index (χ1) is 7.17. The molecule has 1 aromatic rings. The number of hydrogen-bond acceptors (Lipinski definition) is 2. The van der Waals surface area contributed by atoms with E-state index >= 15 is 0 Å². The summed E-state index contributed by atoms with van der Waals surface area (Å²) in [4.78, 5) is 11.6. The van der Waals surface area contributed by atoms with Crippen LogP contribution < -0.4 is 10.1 Å². The van der Waals surface area contributed by atoms with Crippen LogP contribution in [0.15, 0.2) is 24.3 Å². The fourth-order valence-corrected chi connectivity index (χ4v) is 1.06. The third kappa shape index (κ3) is 3.03. The number of rotatable bonds is 3. The smallest absolute Gasteiger partial charge is 0.252 e. The van der Waals surface area contributed by atoms with Crippen LogP contribution in [0.4, 0.5) is 0 Å². The van der Waals surface area contributed by atoms with E-state index in [1.54, 1.807) is 38.3 Å². The van der Waals surface area contributed by atoms with Crippen LogP contribution in [0.25, 0.3) is 0 Å². The molecule has 0 aliphatic rings. The molecule has 0 aromatic heterocycles. The van der Waals surface area contributed by atoms with Crippen LogP contribution in [-0.2, 0) is 0 Å². The average Bonchev–Trinajstić information content (AvgIpc) is 2.29. The Bertz CT molecular complexity index is 376. The summed E-state index contributed by atoms with van der Waals surface area (Å²) in [5.74, 6) is 2.97. The maximum Gasteiger partial charge on any atom is 0.252 e. The van der Waals surface area contributed by atoms with Gasteiger partial charge in [-0.2, -0.15) is 0 Å². The number of benzene rings is 1. The first-order valence-corrected chi connectivity index (χ1v) is 4.58. The highest BCUT2D eigenvalue weighted by atomic mass is 16.5. The number of ether oxygens (including phenoxy) is 1. The SMILES string of the molecule is C#CC(C)NC(=O)c1ccc(OC)cc1. The van der Waals surface area contributed by atoms with Gasteiger partial charge in [0.15, 0.2) is 0 Å². The molecule has 3 heteroatoms. The highest BCUT2D eigenvalue weighted by molar-refractivity contribution is 5.94. The monoisotopic (exact) mass is 203 g/mol. The Kier molecular flexibility index (Phi) is 3.75. The summed E-state index contributed by atoms with van der Waals surface area (Å²) < 4.78 is 4.99. The predicted molar refractivity (Wildman–Crippen MR) is 58.8 cm³/mol. The second-order valence-electron chi connectivity index (χ2n) is 3.09. The van der Waals surface area contributed by atoms with Crippen molar-refractivity contribution in [2.75, 3.05) is 7.11 Å². The molecular weight excluding hydrogens is 190 g/mol. The van der Waals surface area contributed by atoms with E-state index in [2.05, 4.69) is 11.2 Å². The first kappa shape index (κ1) is 11.1. The van der Waals surface area contributed by atoms with E-state index in [0.29, 0.717) is 5.56 Å². The molecule has 3 nitrogen and oxygen atoms in total. The van der Waals surface area contributed by atoms with Crippen LogP contribution in [0.2, 0.25) is 0 Å². The molecule has 0 saturated carbocycles. The molecule has 0 aliphatic heterocycles. The van der Waals surface area contributed by atoms with Crippen LogP contribution in [0.5, 0.6) is 5.75 Å². The van der Waals surface area contributed by atoms with Gasteiger partial charge in [0, 0.05) is 5.56 Å². The van der Waals surface area contributed by atoms with Gasteiger partial charge in [0.25, 0.3) is 5.91 Å². The summed E-state index contributed by atoms with van der Waals surface area (Å²) in [6.07, 6.45) is 5.16. The molecule has 15 heavy (non-hydrogen) atoms. The maximum absolute atomic E-state index is 11.6. The van der Waals surface area contributed by atoms with Gasteiger partial charge >= 0.3 is 0 Å². The molecule has 0 fully saturated rings. The molecule has 0 heterocycles. The normalized spacial score (nSPS) is 11.3. The standard InChI is InChI=1S/C12H13NO2/c1-4-9(2)13-12(14)10-5-7-11(15-3)8-6-10/h1,5-9H,2-3H3,(H,13,14). The molecule has 1 N–H and O–H groups in total. The zero-order chi connectivity index (χ0) is 11.3. The van der Waals surface area contributed by atoms with Gasteiger partial charge in [-0.05, 0) is 31.2 Å². The molecule has 0 saturated heterocycles. The van der Waals surface area contributed by atoms with Gasteiger partial charge in [-0.25, -0.2) is 0 Å². The molecule has 78 valence electrons. The number of hydrogen-bond donors (Lipinski definition) is 1. The minimum Gasteiger partial charge on any atom is -0.497 e. The summed E-state index contributed by atoms with van der Waals surface area (Å²) in [6, 6.07) is 6.58. The van der Waals surface area contributed by atoms with E-state index in [1.165, 1.54) is 0 Å². The Labute approximate surface area is 89.4 Å². The van der Waals surface area contributed by atoms with Crippen LogP contribution in [0.3, 0.4) is 0 Å². The van der Waals surface area contributed by atoms with Crippen molar-refractivity contribution in [2.24, 2.45) is 0 Å². The number of carbonyl (C=O) groups excluding carboxylic acids is 1. The maximum atomic E-state index is 11.6. The molecule has 0 spiro atoms. The van der Waals surface area contributed by atoms with Crippen LogP contribution >= 0.6 is 0 Å². The Hall–Kier alpha value is -1.95. The lowest BCUT2D eigenvalue weighted by atomic mass is 10.2. The lowest BCUT2D eigenvalue weighted by Crippen LogP contribution is -2.31. The van der Waals surface area contributed by atoms with Gasteiger partial charge in [-0.15, -0.1) is 6.42 Å². The summed E-state index contributed by atoms with van der Waals surface area (Å²) in [7, 11) is 1.58. The van der Waals surface area contributed by atoms with Crippen molar-refractivity contribution >= 4 is 5.91 Å². The molecule has 1 atom stereocenters. The predicted octanol–water partition coefficient (Wildman–Crippen LogP) is 1.45. The van der Waals surface area contributed by atoms with E-state index in [1.807, 2.05) is 0 Å². The van der Waals surface area contributed by atoms with Gasteiger partial charge in [0.1, 0.15) is 5.75 Å². The molecule has 0 bridgehead atoms. The number of methoxy groups -OCH3 is 1. The van der Waals surface area contributed by atoms with E-state index in [4.69, 9.17) is 11.2 Å². The Morgan fingerprint density at radius 3 is 2.53 bits per heavy atom. The van der Waals surface area contributed by atoms with Crippen LogP contribution in [0, 0.1) is 12.3 Å². The first-order valence-electron chi connectivity index (χ1n) is 4.58. The summed E-state index contributed by atoms with van der Waals surface area (Å²) in [6.45, 7) is 1.75. The van der Waals surface area contributed by atoms with Crippen molar-refractivity contribution in [3.8, 4) is 18.1 Å². The lowest BCUT2D eigenvalue weighted by molar-refractivity contribution is 0.0948. The van der Waals surface area contributed by atoms with Gasteiger partial charge in [-0.3, -0.25) is 4.79 Å². The molecule has 0 aliphatic carbocycles. The molecule has 0 radical (unpaired) electrons. The van der Waals surface area contributed by atoms with Crippen molar-refractivity contribution in [1.82, 2.24) is 5.32 Å². The fraction of sp³-hybridized carbons (Fsp3) is 0.250. The minimum absolute atomic E-state index is 0.178. The summed E-state index contributed by atoms with van der Waals surface area (Å²) in [5.41, 5.74) is 0.568. The lowest BCUT2D eigenvalue weighted by Gasteiger charge is -2.07. The summed E-state index contributed by atoms with van der Waals surface area (Å²) in [5, 5.41) is 2.67. The summed E-state index contributed by atoms with van der Waals surface area (Å²) >= 11 is 0. The van der Waals surface area contributed by atoms with Crippen molar-refractivity contribution in [2.45, 2.75) is 13.0 Å².